The Hall–Kier alpha value is -2.55. The molecule has 2 aromatic rings. The third-order valence-electron chi connectivity index (χ3n) is 4.37. The van der Waals surface area contributed by atoms with Crippen LogP contribution in [-0.4, -0.2) is 10.1 Å². The Bertz CT molecular complexity index is 776. The van der Waals surface area contributed by atoms with Crippen molar-refractivity contribution in [3.05, 3.63) is 71.1 Å². The normalized spacial score (nSPS) is 13.8. The minimum absolute atomic E-state index is 0.289. The molecule has 0 amide bonds. The summed E-state index contributed by atoms with van der Waals surface area (Å²) in [4.78, 5) is 6.90. The molecule has 3 nitrogen and oxygen atoms in total. The lowest BCUT2D eigenvalue weighted by Crippen LogP contribution is -2.20. The minimum atomic E-state index is 0.289. The second-order valence-corrected chi connectivity index (χ2v) is 5.92. The first-order valence-electron chi connectivity index (χ1n) is 7.97. The molecule has 3 heteroatoms. The van der Waals surface area contributed by atoms with E-state index < -0.39 is 0 Å². The van der Waals surface area contributed by atoms with E-state index >= 15 is 0 Å². The number of aryl methyl sites for hydroxylation is 1. The van der Waals surface area contributed by atoms with Crippen molar-refractivity contribution in [1.82, 2.24) is 4.98 Å². The van der Waals surface area contributed by atoms with Gasteiger partial charge in [-0.05, 0) is 62.9 Å². The van der Waals surface area contributed by atoms with Crippen molar-refractivity contribution in [2.75, 3.05) is 4.90 Å². The Balaban J connectivity index is 2.21. The summed E-state index contributed by atoms with van der Waals surface area (Å²) in [6.07, 6.45) is 8.44. The predicted octanol–water partition coefficient (Wildman–Crippen LogP) is 5.08. The maximum atomic E-state index is 10.2. The van der Waals surface area contributed by atoms with Crippen LogP contribution in [0.1, 0.15) is 29.7 Å². The summed E-state index contributed by atoms with van der Waals surface area (Å²) in [5.41, 5.74) is 4.87. The first-order chi connectivity index (χ1) is 11.1. The van der Waals surface area contributed by atoms with Crippen molar-refractivity contribution in [3.8, 4) is 5.75 Å². The average Bonchev–Trinajstić information content (AvgIpc) is 2.60. The second-order valence-electron chi connectivity index (χ2n) is 5.92. The molecule has 0 aliphatic heterocycles. The van der Waals surface area contributed by atoms with Gasteiger partial charge in [0.05, 0.1) is 5.69 Å². The van der Waals surface area contributed by atoms with Crippen LogP contribution in [0, 0.1) is 20.8 Å². The fourth-order valence-corrected chi connectivity index (χ4v) is 2.91. The maximum absolute atomic E-state index is 10.2. The van der Waals surface area contributed by atoms with E-state index in [4.69, 9.17) is 4.98 Å². The second kappa shape index (κ2) is 6.29. The molecule has 0 radical (unpaired) electrons. The summed E-state index contributed by atoms with van der Waals surface area (Å²) >= 11 is 0. The molecule has 1 N–H and O–H groups in total. The lowest BCUT2D eigenvalue weighted by atomic mass is 10.1. The van der Waals surface area contributed by atoms with Gasteiger partial charge in [-0.2, -0.15) is 0 Å². The van der Waals surface area contributed by atoms with Crippen molar-refractivity contribution >= 4 is 11.5 Å². The summed E-state index contributed by atoms with van der Waals surface area (Å²) in [6, 6.07) is 10.3. The van der Waals surface area contributed by atoms with E-state index in [-0.39, 0.29) is 5.75 Å². The van der Waals surface area contributed by atoms with Crippen molar-refractivity contribution in [1.29, 1.82) is 0 Å². The highest BCUT2D eigenvalue weighted by atomic mass is 16.3. The van der Waals surface area contributed by atoms with Gasteiger partial charge in [-0.25, -0.2) is 4.98 Å². The first-order valence-corrected chi connectivity index (χ1v) is 7.97. The molecule has 0 saturated carbocycles. The summed E-state index contributed by atoms with van der Waals surface area (Å²) in [7, 11) is 0. The number of pyridine rings is 1. The SMILES string of the molecule is Cc1nc(N(C2=CC=CCC2)c2ccccc2)c(C)c(C)c1O. The molecular weight excluding hydrogens is 284 g/mol. The van der Waals surface area contributed by atoms with Gasteiger partial charge in [-0.15, -0.1) is 0 Å². The number of nitrogens with zero attached hydrogens (tertiary/aromatic N) is 2. The molecule has 0 saturated heterocycles. The zero-order valence-electron chi connectivity index (χ0n) is 13.9. The molecule has 23 heavy (non-hydrogen) atoms. The number of aromatic nitrogens is 1. The van der Waals surface area contributed by atoms with Crippen LogP contribution in [0.2, 0.25) is 0 Å². The fraction of sp³-hybridized carbons (Fsp3) is 0.250. The Morgan fingerprint density at radius 1 is 1.04 bits per heavy atom. The summed E-state index contributed by atoms with van der Waals surface area (Å²) in [5.74, 6) is 1.18. The minimum Gasteiger partial charge on any atom is -0.506 e. The van der Waals surface area contributed by atoms with Gasteiger partial charge >= 0.3 is 0 Å². The van der Waals surface area contributed by atoms with E-state index in [0.29, 0.717) is 5.69 Å². The molecular formula is C20H22N2O. The van der Waals surface area contributed by atoms with Crippen LogP contribution in [0.25, 0.3) is 0 Å². The van der Waals surface area contributed by atoms with Crippen LogP contribution in [0.15, 0.2) is 54.3 Å². The molecule has 0 spiro atoms. The first kappa shape index (κ1) is 15.3. The van der Waals surface area contributed by atoms with Gasteiger partial charge in [0.25, 0.3) is 0 Å². The van der Waals surface area contributed by atoms with Gasteiger partial charge in [-0.1, -0.05) is 30.4 Å². The number of hydrogen-bond acceptors (Lipinski definition) is 3. The van der Waals surface area contributed by atoms with Crippen LogP contribution in [0.4, 0.5) is 11.5 Å². The fourth-order valence-electron chi connectivity index (χ4n) is 2.91. The molecule has 0 unspecified atom stereocenters. The maximum Gasteiger partial charge on any atom is 0.141 e. The zero-order chi connectivity index (χ0) is 16.4. The lowest BCUT2D eigenvalue weighted by molar-refractivity contribution is 0.462. The van der Waals surface area contributed by atoms with Crippen LogP contribution in [-0.2, 0) is 0 Å². The Kier molecular flexibility index (Phi) is 4.20. The smallest absolute Gasteiger partial charge is 0.141 e. The Morgan fingerprint density at radius 3 is 2.43 bits per heavy atom. The van der Waals surface area contributed by atoms with Crippen LogP contribution in [0.5, 0.6) is 5.75 Å². The largest absolute Gasteiger partial charge is 0.506 e. The number of para-hydroxylation sites is 1. The van der Waals surface area contributed by atoms with Crippen LogP contribution in [0.3, 0.4) is 0 Å². The topological polar surface area (TPSA) is 36.4 Å². The van der Waals surface area contributed by atoms with Gasteiger partial charge in [0.1, 0.15) is 11.6 Å². The average molecular weight is 306 g/mol. The third-order valence-corrected chi connectivity index (χ3v) is 4.37. The standard InChI is InChI=1S/C20H22N2O/c1-14-15(2)20(21-16(3)19(14)23)22(17-10-6-4-7-11-17)18-12-8-5-9-13-18/h4-8,10-12,23H,9,13H2,1-3H3. The quantitative estimate of drug-likeness (QED) is 0.858. The molecule has 1 heterocycles. The Labute approximate surface area is 137 Å². The highest BCUT2D eigenvalue weighted by Gasteiger charge is 2.21. The Morgan fingerprint density at radius 2 is 1.78 bits per heavy atom. The summed E-state index contributed by atoms with van der Waals surface area (Å²) < 4.78 is 0. The third kappa shape index (κ3) is 2.87. The van der Waals surface area contributed by atoms with E-state index in [1.807, 2.05) is 39.0 Å². The molecule has 118 valence electrons. The monoisotopic (exact) mass is 306 g/mol. The van der Waals surface area contributed by atoms with E-state index in [0.717, 1.165) is 35.5 Å². The zero-order valence-corrected chi connectivity index (χ0v) is 13.9. The van der Waals surface area contributed by atoms with Crippen molar-refractivity contribution in [3.63, 3.8) is 0 Å². The van der Waals surface area contributed by atoms with Gasteiger partial charge in [0, 0.05) is 11.4 Å². The highest BCUT2D eigenvalue weighted by molar-refractivity contribution is 5.70. The van der Waals surface area contributed by atoms with Crippen molar-refractivity contribution < 1.29 is 5.11 Å². The number of hydrogen-bond donors (Lipinski definition) is 1. The van der Waals surface area contributed by atoms with E-state index in [2.05, 4.69) is 35.3 Å². The van der Waals surface area contributed by atoms with Crippen molar-refractivity contribution in [2.24, 2.45) is 0 Å². The number of aromatic hydroxyl groups is 1. The summed E-state index contributed by atoms with van der Waals surface area (Å²) in [5, 5.41) is 10.2. The molecule has 1 aromatic heterocycles. The highest BCUT2D eigenvalue weighted by Crippen LogP contribution is 2.37. The van der Waals surface area contributed by atoms with Crippen LogP contribution < -0.4 is 4.90 Å². The van der Waals surface area contributed by atoms with E-state index in [1.165, 1.54) is 5.70 Å². The van der Waals surface area contributed by atoms with Crippen LogP contribution >= 0.6 is 0 Å². The summed E-state index contributed by atoms with van der Waals surface area (Å²) in [6.45, 7) is 5.82. The molecule has 1 aromatic carbocycles. The molecule has 0 bridgehead atoms. The van der Waals surface area contributed by atoms with Gasteiger partial charge < -0.3 is 5.11 Å². The predicted molar refractivity (Wildman–Crippen MR) is 95.2 cm³/mol. The lowest BCUT2D eigenvalue weighted by Gasteiger charge is -2.30. The molecule has 3 rings (SSSR count). The molecule has 1 aliphatic rings. The van der Waals surface area contributed by atoms with Crippen molar-refractivity contribution in [2.45, 2.75) is 33.6 Å². The number of anilines is 2. The number of rotatable bonds is 3. The van der Waals surface area contributed by atoms with E-state index in [9.17, 15) is 5.11 Å². The van der Waals surface area contributed by atoms with E-state index in [1.54, 1.807) is 0 Å². The molecule has 0 fully saturated rings. The number of allylic oxidation sites excluding steroid dienone is 4. The van der Waals surface area contributed by atoms with Gasteiger partial charge in [-0.3, -0.25) is 4.90 Å². The number of benzene rings is 1. The van der Waals surface area contributed by atoms with Gasteiger partial charge in [0.2, 0.25) is 0 Å². The molecule has 0 atom stereocenters. The van der Waals surface area contributed by atoms with Gasteiger partial charge in [0.15, 0.2) is 0 Å². The molecule has 1 aliphatic carbocycles.